The lowest BCUT2D eigenvalue weighted by atomic mass is 9.94. The molecule has 0 aliphatic rings. The predicted molar refractivity (Wildman–Crippen MR) is 87.3 cm³/mol. The molecule has 0 atom stereocenters. The van der Waals surface area contributed by atoms with Crippen molar-refractivity contribution in [3.8, 4) is 28.0 Å². The Kier molecular flexibility index (Phi) is 4.03. The minimum absolute atomic E-state index is 0.321. The van der Waals surface area contributed by atoms with E-state index in [0.29, 0.717) is 5.75 Å². The van der Waals surface area contributed by atoms with Crippen LogP contribution in [0.25, 0.3) is 22.3 Å². The third-order valence-corrected chi connectivity index (χ3v) is 3.39. The molecule has 0 unspecified atom stereocenters. The Balaban J connectivity index is 2.16. The van der Waals surface area contributed by atoms with E-state index in [1.165, 1.54) is 0 Å². The summed E-state index contributed by atoms with van der Waals surface area (Å²) in [4.78, 5) is 0. The topological polar surface area (TPSA) is 29.5 Å². The highest BCUT2D eigenvalue weighted by atomic mass is 16.5. The molecule has 0 aliphatic heterocycles. The molecule has 0 saturated carbocycles. The van der Waals surface area contributed by atoms with E-state index >= 15 is 0 Å². The molecular weight excluding hydrogens is 259 g/mol. The summed E-state index contributed by atoms with van der Waals surface area (Å²) in [6.07, 6.45) is 0. The van der Waals surface area contributed by atoms with Crippen LogP contribution in [0.3, 0.4) is 0 Å². The molecule has 3 aromatic carbocycles. The molecule has 1 N–H and O–H groups in total. The number of hydrogen-bond donors (Lipinski definition) is 1. The van der Waals surface area contributed by atoms with Crippen molar-refractivity contribution >= 4 is 7.69 Å². The molecule has 0 heterocycles. The van der Waals surface area contributed by atoms with Gasteiger partial charge in [-0.1, -0.05) is 66.7 Å². The average molecular weight is 274 g/mol. The second-order valence-corrected chi connectivity index (χ2v) is 4.71. The van der Waals surface area contributed by atoms with Crippen LogP contribution in [0.1, 0.15) is 0 Å². The van der Waals surface area contributed by atoms with Gasteiger partial charge in [0.15, 0.2) is 0 Å². The van der Waals surface area contributed by atoms with Crippen molar-refractivity contribution in [3.05, 3.63) is 78.9 Å². The number of rotatable bonds is 4. The van der Waals surface area contributed by atoms with Crippen LogP contribution in [-0.4, -0.2) is 12.7 Å². The molecule has 0 aliphatic carbocycles. The minimum Gasteiger partial charge on any atom is -0.539 e. The lowest BCUT2D eigenvalue weighted by Gasteiger charge is -2.13. The molecule has 3 heteroatoms. The highest BCUT2D eigenvalue weighted by molar-refractivity contribution is 6.17. The maximum atomic E-state index is 8.95. The summed E-state index contributed by atoms with van der Waals surface area (Å²) in [6.45, 7) is 0. The fourth-order valence-electron chi connectivity index (χ4n) is 2.41. The molecule has 21 heavy (non-hydrogen) atoms. The fourth-order valence-corrected chi connectivity index (χ4v) is 2.41. The Hall–Kier alpha value is -2.52. The SMILES string of the molecule is OBOc1ccc(-c2ccccc2)c(-c2ccccc2)c1. The molecular formula is C18H15BO2. The van der Waals surface area contributed by atoms with E-state index in [-0.39, 0.29) is 7.69 Å². The fraction of sp³-hybridized carbons (Fsp3) is 0. The number of hydrogen-bond acceptors (Lipinski definition) is 2. The lowest BCUT2D eigenvalue weighted by molar-refractivity contribution is 0.454. The van der Waals surface area contributed by atoms with Crippen LogP contribution in [-0.2, 0) is 0 Å². The molecule has 0 radical (unpaired) electrons. The van der Waals surface area contributed by atoms with Gasteiger partial charge in [-0.05, 0) is 34.4 Å². The monoisotopic (exact) mass is 274 g/mol. The molecule has 102 valence electrons. The zero-order valence-corrected chi connectivity index (χ0v) is 11.6. The Labute approximate surface area is 125 Å². The Bertz CT molecular complexity index is 712. The van der Waals surface area contributed by atoms with Crippen LogP contribution >= 0.6 is 0 Å². The minimum atomic E-state index is -0.321. The van der Waals surface area contributed by atoms with Crippen LogP contribution in [0.15, 0.2) is 78.9 Å². The Morgan fingerprint density at radius 1 is 0.667 bits per heavy atom. The van der Waals surface area contributed by atoms with Gasteiger partial charge in [-0.3, -0.25) is 0 Å². The molecule has 0 spiro atoms. The predicted octanol–water partition coefficient (Wildman–Crippen LogP) is 3.66. The van der Waals surface area contributed by atoms with E-state index < -0.39 is 0 Å². The zero-order valence-electron chi connectivity index (χ0n) is 11.6. The van der Waals surface area contributed by atoms with Crippen molar-refractivity contribution in [2.24, 2.45) is 0 Å². The molecule has 2 nitrogen and oxygen atoms in total. The molecule has 0 fully saturated rings. The molecule has 0 saturated heterocycles. The summed E-state index contributed by atoms with van der Waals surface area (Å²) < 4.78 is 5.21. The molecule has 3 rings (SSSR count). The second-order valence-electron chi connectivity index (χ2n) is 4.71. The van der Waals surface area contributed by atoms with Crippen molar-refractivity contribution in [1.29, 1.82) is 0 Å². The first-order valence-corrected chi connectivity index (χ1v) is 6.87. The van der Waals surface area contributed by atoms with Gasteiger partial charge < -0.3 is 9.68 Å². The first-order chi connectivity index (χ1) is 10.4. The Morgan fingerprint density at radius 3 is 1.81 bits per heavy atom. The largest absolute Gasteiger partial charge is 0.539 e. The molecule has 0 aromatic heterocycles. The maximum Gasteiger partial charge on any atom is 0.504 e. The van der Waals surface area contributed by atoms with Crippen molar-refractivity contribution in [2.45, 2.75) is 0 Å². The highest BCUT2D eigenvalue weighted by Gasteiger charge is 2.09. The standard InChI is InChI=1S/C18H15BO2/c20-19-21-16-11-12-17(14-7-3-1-4-8-14)18(13-16)15-9-5-2-6-10-15/h1-13,19-20H. The Morgan fingerprint density at radius 2 is 1.24 bits per heavy atom. The van der Waals surface area contributed by atoms with Crippen LogP contribution in [0.5, 0.6) is 5.75 Å². The number of benzene rings is 3. The quantitative estimate of drug-likeness (QED) is 0.736. The van der Waals surface area contributed by atoms with Crippen LogP contribution < -0.4 is 4.65 Å². The first kappa shape index (κ1) is 13.5. The van der Waals surface area contributed by atoms with Crippen molar-refractivity contribution in [3.63, 3.8) is 0 Å². The summed E-state index contributed by atoms with van der Waals surface area (Å²) in [7, 11) is -0.321. The van der Waals surface area contributed by atoms with E-state index in [2.05, 4.69) is 24.3 Å². The van der Waals surface area contributed by atoms with Gasteiger partial charge in [-0.15, -0.1) is 0 Å². The van der Waals surface area contributed by atoms with Crippen LogP contribution in [0.2, 0.25) is 0 Å². The third-order valence-electron chi connectivity index (χ3n) is 3.39. The van der Waals surface area contributed by atoms with Gasteiger partial charge in [-0.25, -0.2) is 0 Å². The van der Waals surface area contributed by atoms with Gasteiger partial charge in [0.2, 0.25) is 0 Å². The highest BCUT2D eigenvalue weighted by Crippen LogP contribution is 2.34. The first-order valence-electron chi connectivity index (χ1n) is 6.87. The normalized spacial score (nSPS) is 10.1. The second kappa shape index (κ2) is 6.29. The van der Waals surface area contributed by atoms with Gasteiger partial charge in [0.05, 0.1) is 0 Å². The van der Waals surface area contributed by atoms with Crippen molar-refractivity contribution < 1.29 is 9.68 Å². The third kappa shape index (κ3) is 2.98. The maximum absolute atomic E-state index is 8.95. The van der Waals surface area contributed by atoms with Crippen molar-refractivity contribution in [2.75, 3.05) is 0 Å². The molecule has 3 aromatic rings. The average Bonchev–Trinajstić information content (AvgIpc) is 2.57. The van der Waals surface area contributed by atoms with Crippen LogP contribution in [0.4, 0.5) is 0 Å². The van der Waals surface area contributed by atoms with E-state index in [0.717, 1.165) is 22.3 Å². The lowest BCUT2D eigenvalue weighted by Crippen LogP contribution is -2.00. The van der Waals surface area contributed by atoms with Gasteiger partial charge in [-0.2, -0.15) is 0 Å². The van der Waals surface area contributed by atoms with E-state index in [4.69, 9.17) is 9.68 Å². The summed E-state index contributed by atoms with van der Waals surface area (Å²) in [6, 6.07) is 26.3. The van der Waals surface area contributed by atoms with Gasteiger partial charge in [0, 0.05) is 0 Å². The zero-order chi connectivity index (χ0) is 14.5. The smallest absolute Gasteiger partial charge is 0.504 e. The van der Waals surface area contributed by atoms with Gasteiger partial charge in [0.1, 0.15) is 5.75 Å². The van der Waals surface area contributed by atoms with Crippen molar-refractivity contribution in [1.82, 2.24) is 0 Å². The summed E-state index contributed by atoms with van der Waals surface area (Å²) in [5.74, 6) is 0.663. The van der Waals surface area contributed by atoms with E-state index in [9.17, 15) is 0 Å². The molecule has 0 bridgehead atoms. The van der Waals surface area contributed by atoms with E-state index in [1.807, 2.05) is 54.6 Å². The summed E-state index contributed by atoms with van der Waals surface area (Å²) in [5.41, 5.74) is 4.52. The molecule has 0 amide bonds. The summed E-state index contributed by atoms with van der Waals surface area (Å²) in [5, 5.41) is 8.95. The van der Waals surface area contributed by atoms with Gasteiger partial charge in [0.25, 0.3) is 0 Å². The van der Waals surface area contributed by atoms with E-state index in [1.54, 1.807) is 0 Å². The summed E-state index contributed by atoms with van der Waals surface area (Å²) >= 11 is 0. The van der Waals surface area contributed by atoms with Crippen LogP contribution in [0, 0.1) is 0 Å². The van der Waals surface area contributed by atoms with Gasteiger partial charge >= 0.3 is 7.69 Å².